The van der Waals surface area contributed by atoms with Crippen molar-refractivity contribution in [2.45, 2.75) is 42.9 Å². The molecule has 4 aliphatic rings. The molecule has 4 atom stereocenters. The van der Waals surface area contributed by atoms with Crippen LogP contribution in [0.3, 0.4) is 0 Å². The van der Waals surface area contributed by atoms with Crippen molar-refractivity contribution >= 4 is 5.78 Å². The molecule has 2 unspecified atom stereocenters. The highest BCUT2D eigenvalue weighted by Crippen LogP contribution is 2.61. The molecule has 21 heavy (non-hydrogen) atoms. The molecule has 1 aromatic carbocycles. The van der Waals surface area contributed by atoms with E-state index >= 15 is 0 Å². The van der Waals surface area contributed by atoms with E-state index in [4.69, 9.17) is 4.74 Å². The van der Waals surface area contributed by atoms with Crippen LogP contribution in [-0.2, 0) is 16.6 Å². The lowest BCUT2D eigenvalue weighted by Crippen LogP contribution is -2.74. The van der Waals surface area contributed by atoms with Gasteiger partial charge >= 0.3 is 0 Å². The molecule has 1 fully saturated rings. The highest BCUT2D eigenvalue weighted by atomic mass is 16.5. The van der Waals surface area contributed by atoms with Crippen LogP contribution in [0.1, 0.15) is 23.1 Å². The van der Waals surface area contributed by atoms with E-state index in [0.717, 1.165) is 36.3 Å². The minimum absolute atomic E-state index is 0.0243. The zero-order valence-electron chi connectivity index (χ0n) is 11.8. The van der Waals surface area contributed by atoms with Crippen molar-refractivity contribution in [1.82, 2.24) is 5.32 Å². The smallest absolute Gasteiger partial charge is 0.196 e. The van der Waals surface area contributed by atoms with Crippen LogP contribution in [-0.4, -0.2) is 35.2 Å². The number of hydrogen-bond donors (Lipinski definition) is 2. The Morgan fingerprint density at radius 1 is 1.43 bits per heavy atom. The van der Waals surface area contributed by atoms with E-state index in [-0.39, 0.29) is 11.8 Å². The lowest BCUT2D eigenvalue weighted by molar-refractivity contribution is -0.139. The molecular weight excluding hydrogens is 266 g/mol. The number of nitrogens with one attached hydrogen (secondary N) is 1. The number of ketones is 1. The molecule has 2 N–H and O–H groups in total. The SMILES string of the molecule is Cc1ccc2c3c1OC1C(=O)C=C[C@@]4(O)C(C2)NCC[C@]314. The molecule has 4 heteroatoms. The van der Waals surface area contributed by atoms with Crippen LogP contribution < -0.4 is 10.1 Å². The quantitative estimate of drug-likeness (QED) is 0.739. The fraction of sp³-hybridized carbons (Fsp3) is 0.471. The van der Waals surface area contributed by atoms with Crippen molar-refractivity contribution in [3.8, 4) is 5.75 Å². The zero-order chi connectivity index (χ0) is 14.4. The monoisotopic (exact) mass is 283 g/mol. The number of carbonyl (C=O) groups is 1. The van der Waals surface area contributed by atoms with Crippen molar-refractivity contribution in [2.24, 2.45) is 0 Å². The maximum absolute atomic E-state index is 12.4. The van der Waals surface area contributed by atoms with Gasteiger partial charge in [-0.2, -0.15) is 0 Å². The molecule has 1 saturated heterocycles. The summed E-state index contributed by atoms with van der Waals surface area (Å²) in [7, 11) is 0. The van der Waals surface area contributed by atoms with E-state index < -0.39 is 17.1 Å². The summed E-state index contributed by atoms with van der Waals surface area (Å²) in [5, 5.41) is 14.9. The molecule has 5 rings (SSSR count). The predicted molar refractivity (Wildman–Crippen MR) is 76.5 cm³/mol. The second-order valence-corrected chi connectivity index (χ2v) is 6.74. The third-order valence-electron chi connectivity index (χ3n) is 5.91. The Labute approximate surface area is 122 Å². The van der Waals surface area contributed by atoms with Crippen LogP contribution >= 0.6 is 0 Å². The molecule has 0 aromatic heterocycles. The standard InChI is InChI=1S/C17H17NO3/c1-9-2-3-10-8-12-17(20)5-4-11(19)15-16(17,6-7-18-12)13(10)14(9)21-15/h2-5,12,15,18,20H,6-8H2,1H3/t12?,15?,16-,17+/m0/s1. The molecule has 2 bridgehead atoms. The van der Waals surface area contributed by atoms with Gasteiger partial charge in [0.1, 0.15) is 11.4 Å². The average Bonchev–Trinajstić information content (AvgIpc) is 2.80. The highest BCUT2D eigenvalue weighted by molar-refractivity contribution is 5.98. The number of carbonyl (C=O) groups excluding carboxylic acids is 1. The number of aliphatic hydroxyl groups is 1. The van der Waals surface area contributed by atoms with E-state index in [9.17, 15) is 9.90 Å². The summed E-state index contributed by atoms with van der Waals surface area (Å²) in [5.41, 5.74) is 1.71. The van der Waals surface area contributed by atoms with Gasteiger partial charge in [0.15, 0.2) is 11.9 Å². The first kappa shape index (κ1) is 12.0. The first-order valence-corrected chi connectivity index (χ1v) is 7.56. The number of aryl methyl sites for hydroxylation is 1. The van der Waals surface area contributed by atoms with Crippen LogP contribution in [0.2, 0.25) is 0 Å². The van der Waals surface area contributed by atoms with Crippen LogP contribution in [0.4, 0.5) is 0 Å². The lowest BCUT2D eigenvalue weighted by atomic mass is 9.51. The molecule has 2 aliphatic carbocycles. The molecule has 2 heterocycles. The summed E-state index contributed by atoms with van der Waals surface area (Å²) >= 11 is 0. The third kappa shape index (κ3) is 1.08. The van der Waals surface area contributed by atoms with Gasteiger partial charge in [0.2, 0.25) is 0 Å². The van der Waals surface area contributed by atoms with Gasteiger partial charge in [0.25, 0.3) is 0 Å². The van der Waals surface area contributed by atoms with E-state index in [1.54, 1.807) is 6.08 Å². The van der Waals surface area contributed by atoms with Crippen molar-refractivity contribution < 1.29 is 14.6 Å². The molecule has 0 amide bonds. The normalized spacial score (nSPS) is 41.7. The Morgan fingerprint density at radius 3 is 3.14 bits per heavy atom. The molecule has 0 radical (unpaired) electrons. The van der Waals surface area contributed by atoms with E-state index in [1.165, 1.54) is 11.6 Å². The Bertz CT molecular complexity index is 725. The topological polar surface area (TPSA) is 58.6 Å². The molecule has 0 saturated carbocycles. The van der Waals surface area contributed by atoms with E-state index in [0.29, 0.717) is 0 Å². The van der Waals surface area contributed by atoms with Crippen molar-refractivity contribution in [3.05, 3.63) is 41.0 Å². The third-order valence-corrected chi connectivity index (χ3v) is 5.91. The summed E-state index contributed by atoms with van der Waals surface area (Å²) in [5.74, 6) is 0.803. The Hall–Kier alpha value is -1.65. The second kappa shape index (κ2) is 3.39. The Kier molecular flexibility index (Phi) is 1.93. The number of ether oxygens (including phenoxy) is 1. The molecule has 2 aliphatic heterocycles. The largest absolute Gasteiger partial charge is 0.481 e. The highest BCUT2D eigenvalue weighted by Gasteiger charge is 2.70. The van der Waals surface area contributed by atoms with Crippen molar-refractivity contribution in [2.75, 3.05) is 6.54 Å². The molecular formula is C17H17NO3. The van der Waals surface area contributed by atoms with Gasteiger partial charge in [0, 0.05) is 11.6 Å². The predicted octanol–water partition coefficient (Wildman–Crippen LogP) is 0.782. The summed E-state index contributed by atoms with van der Waals surface area (Å²) in [6.07, 6.45) is 4.15. The van der Waals surface area contributed by atoms with Gasteiger partial charge in [-0.3, -0.25) is 4.79 Å². The van der Waals surface area contributed by atoms with Gasteiger partial charge in [0.05, 0.1) is 5.41 Å². The number of rotatable bonds is 0. The van der Waals surface area contributed by atoms with Gasteiger partial charge in [-0.25, -0.2) is 0 Å². The van der Waals surface area contributed by atoms with Gasteiger partial charge in [-0.15, -0.1) is 0 Å². The first-order valence-electron chi connectivity index (χ1n) is 7.56. The zero-order valence-corrected chi connectivity index (χ0v) is 11.8. The van der Waals surface area contributed by atoms with Gasteiger partial charge < -0.3 is 15.2 Å². The molecule has 108 valence electrons. The lowest BCUT2D eigenvalue weighted by Gasteiger charge is -2.57. The Morgan fingerprint density at radius 2 is 2.29 bits per heavy atom. The van der Waals surface area contributed by atoms with Crippen LogP contribution in [0.25, 0.3) is 0 Å². The van der Waals surface area contributed by atoms with Crippen molar-refractivity contribution in [1.29, 1.82) is 0 Å². The fourth-order valence-corrected chi connectivity index (χ4v) is 4.97. The van der Waals surface area contributed by atoms with Crippen LogP contribution in [0, 0.1) is 6.92 Å². The minimum atomic E-state index is -1.03. The summed E-state index contributed by atoms with van der Waals surface area (Å²) in [4.78, 5) is 12.4. The second-order valence-electron chi connectivity index (χ2n) is 6.74. The number of piperidine rings is 1. The van der Waals surface area contributed by atoms with Crippen molar-refractivity contribution in [3.63, 3.8) is 0 Å². The molecule has 4 nitrogen and oxygen atoms in total. The van der Waals surface area contributed by atoms with E-state index in [2.05, 4.69) is 17.4 Å². The van der Waals surface area contributed by atoms with Gasteiger partial charge in [-0.1, -0.05) is 12.1 Å². The first-order chi connectivity index (χ1) is 10.1. The summed E-state index contributed by atoms with van der Waals surface area (Å²) in [6.45, 7) is 2.81. The minimum Gasteiger partial charge on any atom is -0.481 e. The van der Waals surface area contributed by atoms with Gasteiger partial charge in [-0.05, 0) is 49.6 Å². The van der Waals surface area contributed by atoms with Crippen LogP contribution in [0.15, 0.2) is 24.3 Å². The van der Waals surface area contributed by atoms with Crippen LogP contribution in [0.5, 0.6) is 5.75 Å². The maximum Gasteiger partial charge on any atom is 0.196 e. The molecule has 1 spiro atoms. The summed E-state index contributed by atoms with van der Waals surface area (Å²) in [6, 6.07) is 4.13. The number of benzene rings is 1. The average molecular weight is 283 g/mol. The molecule has 1 aromatic rings. The Balaban J connectivity index is 1.93. The number of hydrogen-bond acceptors (Lipinski definition) is 4. The summed E-state index contributed by atoms with van der Waals surface area (Å²) < 4.78 is 6.10. The fourth-order valence-electron chi connectivity index (χ4n) is 4.97. The maximum atomic E-state index is 12.4. The van der Waals surface area contributed by atoms with E-state index in [1.807, 2.05) is 6.92 Å².